The molecule has 6 rings (SSSR count). The lowest BCUT2D eigenvalue weighted by Gasteiger charge is -2.48. The van der Waals surface area contributed by atoms with Crippen LogP contribution in [0.15, 0.2) is 35.0 Å². The van der Waals surface area contributed by atoms with Crippen molar-refractivity contribution in [2.24, 2.45) is 17.8 Å². The first-order valence-electron chi connectivity index (χ1n) is 10.5. The molecule has 5 fully saturated rings. The number of hydrogen-bond donors (Lipinski definition) is 0. The summed E-state index contributed by atoms with van der Waals surface area (Å²) in [6.07, 6.45) is 7.84. The van der Waals surface area contributed by atoms with Gasteiger partial charge in [-0.25, -0.2) is 4.79 Å². The van der Waals surface area contributed by atoms with Crippen molar-refractivity contribution < 1.29 is 23.7 Å². The second-order valence-electron chi connectivity index (χ2n) is 9.09. The maximum absolute atomic E-state index is 12.2. The zero-order valence-corrected chi connectivity index (χ0v) is 16.9. The number of rotatable bonds is 3. The predicted octanol–water partition coefficient (Wildman–Crippen LogP) is 2.87. The SMILES string of the molecule is C/C=C\C[C@@]12[C@@H]3C[C@H]4[C@H]5[C@H](C)/C(=C6/OC(=O)C(C)=C6OC)O[C@]5(O3)[C@@H]1CCN42. The summed E-state index contributed by atoms with van der Waals surface area (Å²) in [6, 6.07) is 0.462. The molecule has 28 heavy (non-hydrogen) atoms. The Morgan fingerprint density at radius 1 is 1.39 bits per heavy atom. The molecule has 0 aromatic rings. The Morgan fingerprint density at radius 3 is 2.96 bits per heavy atom. The summed E-state index contributed by atoms with van der Waals surface area (Å²) in [5, 5.41) is 0. The van der Waals surface area contributed by atoms with Gasteiger partial charge < -0.3 is 18.9 Å². The molecule has 5 bridgehead atoms. The molecule has 6 aliphatic heterocycles. The van der Waals surface area contributed by atoms with Crippen molar-refractivity contribution in [2.45, 2.75) is 63.5 Å². The van der Waals surface area contributed by atoms with E-state index in [2.05, 4.69) is 30.9 Å². The highest BCUT2D eigenvalue weighted by molar-refractivity contribution is 5.93. The Labute approximate surface area is 165 Å². The molecule has 6 heteroatoms. The van der Waals surface area contributed by atoms with Gasteiger partial charge in [-0.05, 0) is 39.7 Å². The number of fused-ring (bicyclic) bond motifs is 1. The van der Waals surface area contributed by atoms with E-state index in [1.807, 2.05) is 0 Å². The van der Waals surface area contributed by atoms with Gasteiger partial charge in [-0.15, -0.1) is 0 Å². The number of hydrogen-bond acceptors (Lipinski definition) is 6. The summed E-state index contributed by atoms with van der Waals surface area (Å²) >= 11 is 0. The van der Waals surface area contributed by atoms with Crippen LogP contribution in [0, 0.1) is 17.8 Å². The van der Waals surface area contributed by atoms with E-state index in [1.165, 1.54) is 0 Å². The predicted molar refractivity (Wildman–Crippen MR) is 99.6 cm³/mol. The maximum Gasteiger partial charge on any atom is 0.343 e. The number of esters is 1. The van der Waals surface area contributed by atoms with Crippen LogP contribution < -0.4 is 0 Å². The second kappa shape index (κ2) is 5.22. The summed E-state index contributed by atoms with van der Waals surface area (Å²) < 4.78 is 24.6. The summed E-state index contributed by atoms with van der Waals surface area (Å²) in [7, 11) is 1.57. The number of methoxy groups -OCH3 is 1. The minimum absolute atomic E-state index is 0.0652. The molecule has 0 amide bonds. The third-order valence-electron chi connectivity index (χ3n) is 8.28. The molecule has 6 aliphatic rings. The fourth-order valence-corrected chi connectivity index (χ4v) is 7.39. The number of piperidine rings is 1. The van der Waals surface area contributed by atoms with Gasteiger partial charge in [0.1, 0.15) is 5.76 Å². The lowest BCUT2D eigenvalue weighted by Crippen LogP contribution is -2.61. The topological polar surface area (TPSA) is 57.2 Å². The van der Waals surface area contributed by atoms with Gasteiger partial charge in [0.15, 0.2) is 5.76 Å². The van der Waals surface area contributed by atoms with Crippen LogP contribution in [0.25, 0.3) is 0 Å². The number of allylic oxidation sites excluding steroid dienone is 2. The van der Waals surface area contributed by atoms with Crippen molar-refractivity contribution in [2.75, 3.05) is 13.7 Å². The normalized spacial score (nSPS) is 52.8. The van der Waals surface area contributed by atoms with Crippen LogP contribution in [0.1, 0.15) is 40.0 Å². The van der Waals surface area contributed by atoms with Crippen LogP contribution in [0.2, 0.25) is 0 Å². The van der Waals surface area contributed by atoms with Crippen LogP contribution in [-0.2, 0) is 23.7 Å². The van der Waals surface area contributed by atoms with Gasteiger partial charge in [-0.2, -0.15) is 0 Å². The molecule has 1 spiro atoms. The molecule has 0 N–H and O–H groups in total. The van der Waals surface area contributed by atoms with Crippen LogP contribution in [0.4, 0.5) is 0 Å². The van der Waals surface area contributed by atoms with Crippen molar-refractivity contribution in [3.05, 3.63) is 35.0 Å². The van der Waals surface area contributed by atoms with E-state index in [1.54, 1.807) is 14.0 Å². The molecule has 0 aromatic heterocycles. The highest BCUT2D eigenvalue weighted by Crippen LogP contribution is 2.73. The van der Waals surface area contributed by atoms with E-state index in [0.717, 1.165) is 31.6 Å². The molecule has 0 saturated carbocycles. The van der Waals surface area contributed by atoms with Gasteiger partial charge in [0.2, 0.25) is 11.5 Å². The third-order valence-corrected chi connectivity index (χ3v) is 8.28. The Morgan fingerprint density at radius 2 is 2.21 bits per heavy atom. The van der Waals surface area contributed by atoms with E-state index < -0.39 is 5.79 Å². The van der Waals surface area contributed by atoms with Crippen molar-refractivity contribution in [3.63, 3.8) is 0 Å². The van der Waals surface area contributed by atoms with Crippen molar-refractivity contribution in [1.29, 1.82) is 0 Å². The number of nitrogens with zero attached hydrogens (tertiary/aromatic N) is 1. The van der Waals surface area contributed by atoms with Crippen LogP contribution in [0.5, 0.6) is 0 Å². The lowest BCUT2D eigenvalue weighted by molar-refractivity contribution is -0.255. The molecule has 150 valence electrons. The van der Waals surface area contributed by atoms with Gasteiger partial charge in [0, 0.05) is 17.9 Å². The molecule has 8 atom stereocenters. The molecule has 5 saturated heterocycles. The largest absolute Gasteiger partial charge is 0.492 e. The minimum atomic E-state index is -0.592. The molecular formula is C22H27NO5. The Bertz CT molecular complexity index is 874. The third kappa shape index (κ3) is 1.60. The van der Waals surface area contributed by atoms with Crippen LogP contribution >= 0.6 is 0 Å². The molecule has 0 aromatic carbocycles. The van der Waals surface area contributed by atoms with E-state index in [4.69, 9.17) is 18.9 Å². The number of carbonyl (C=O) groups excluding carboxylic acids is 1. The van der Waals surface area contributed by atoms with Gasteiger partial charge in [-0.1, -0.05) is 19.1 Å². The Balaban J connectivity index is 1.48. The molecule has 0 radical (unpaired) electrons. The first kappa shape index (κ1) is 17.1. The summed E-state index contributed by atoms with van der Waals surface area (Å²) in [5.41, 5.74) is 0.563. The van der Waals surface area contributed by atoms with E-state index in [9.17, 15) is 4.79 Å². The first-order chi connectivity index (χ1) is 13.5. The fraction of sp³-hybridized carbons (Fsp3) is 0.682. The molecule has 1 unspecified atom stereocenters. The summed E-state index contributed by atoms with van der Waals surface area (Å²) in [5.74, 6) is 1.46. The molecule has 6 heterocycles. The fourth-order valence-electron chi connectivity index (χ4n) is 7.39. The number of carbonyl (C=O) groups is 1. The first-order valence-corrected chi connectivity index (χ1v) is 10.5. The smallest absolute Gasteiger partial charge is 0.343 e. The molecular weight excluding hydrogens is 358 g/mol. The van der Waals surface area contributed by atoms with E-state index in [0.29, 0.717) is 29.1 Å². The zero-order chi connectivity index (χ0) is 19.4. The van der Waals surface area contributed by atoms with Crippen LogP contribution in [-0.4, -0.2) is 48.0 Å². The van der Waals surface area contributed by atoms with E-state index in [-0.39, 0.29) is 29.4 Å². The summed E-state index contributed by atoms with van der Waals surface area (Å²) in [6.45, 7) is 7.13. The summed E-state index contributed by atoms with van der Waals surface area (Å²) in [4.78, 5) is 14.9. The average molecular weight is 385 g/mol. The van der Waals surface area contributed by atoms with E-state index >= 15 is 0 Å². The van der Waals surface area contributed by atoms with Gasteiger partial charge in [0.05, 0.1) is 30.2 Å². The van der Waals surface area contributed by atoms with Gasteiger partial charge >= 0.3 is 5.97 Å². The molecule has 6 nitrogen and oxygen atoms in total. The standard InChI is InChI=1S/C22H27NO5/c1-5-6-8-21-14-7-9-23(21)13-10-15(21)27-22(14)16(13)11(2)18(28-22)19-17(25-4)12(3)20(24)26-19/h5-6,11,13-16H,7-10H2,1-4H3/b6-5-,19-18-/t11-,13-,14+,15-,16+,21-,22+/m0/s1. The Hall–Kier alpha value is -1.79. The second-order valence-corrected chi connectivity index (χ2v) is 9.09. The quantitative estimate of drug-likeness (QED) is 0.550. The van der Waals surface area contributed by atoms with Crippen molar-refractivity contribution in [3.8, 4) is 0 Å². The number of ether oxygens (including phenoxy) is 4. The lowest BCUT2D eigenvalue weighted by atomic mass is 9.70. The highest BCUT2D eigenvalue weighted by atomic mass is 16.7. The highest BCUT2D eigenvalue weighted by Gasteiger charge is 2.84. The minimum Gasteiger partial charge on any atom is -0.492 e. The monoisotopic (exact) mass is 385 g/mol. The van der Waals surface area contributed by atoms with Crippen molar-refractivity contribution >= 4 is 5.97 Å². The average Bonchev–Trinajstić information content (AvgIpc) is 3.38. The Kier molecular flexibility index (Phi) is 3.19. The van der Waals surface area contributed by atoms with Gasteiger partial charge in [0.25, 0.3) is 0 Å². The van der Waals surface area contributed by atoms with Crippen molar-refractivity contribution in [1.82, 2.24) is 4.90 Å². The molecule has 0 aliphatic carbocycles. The maximum atomic E-state index is 12.2. The zero-order valence-electron chi connectivity index (χ0n) is 16.9. The van der Waals surface area contributed by atoms with Crippen LogP contribution in [0.3, 0.4) is 0 Å². The number of cyclic esters (lactones) is 1. The van der Waals surface area contributed by atoms with Gasteiger partial charge in [-0.3, -0.25) is 4.90 Å².